The Labute approximate surface area is 119 Å². The number of nitrogens with one attached hydrogen (secondary N) is 2. The summed E-state index contributed by atoms with van der Waals surface area (Å²) in [7, 11) is -0.529. The molecule has 0 amide bonds. The van der Waals surface area contributed by atoms with E-state index in [0.29, 0.717) is 24.0 Å². The van der Waals surface area contributed by atoms with Crippen LogP contribution in [0.2, 0.25) is 0 Å². The summed E-state index contributed by atoms with van der Waals surface area (Å²) >= 11 is 0. The van der Waals surface area contributed by atoms with Crippen LogP contribution in [0.1, 0.15) is 6.42 Å². The van der Waals surface area contributed by atoms with Gasteiger partial charge >= 0.3 is 0 Å². The van der Waals surface area contributed by atoms with Crippen molar-refractivity contribution in [3.63, 3.8) is 0 Å². The quantitative estimate of drug-likeness (QED) is 0.804. The third-order valence-electron chi connectivity index (χ3n) is 3.39. The lowest BCUT2D eigenvalue weighted by Gasteiger charge is -2.13. The maximum atomic E-state index is 12.2. The molecule has 1 aliphatic rings. The van der Waals surface area contributed by atoms with Crippen LogP contribution in [0, 0.1) is 5.92 Å². The molecule has 0 aromatic heterocycles. The number of hydrogen-bond acceptors (Lipinski definition) is 5. The molecule has 1 aromatic rings. The van der Waals surface area contributed by atoms with Crippen LogP contribution < -0.4 is 19.5 Å². The standard InChI is InChI=1S/C13H20N2O4S/c1-18-12-4-3-11(7-13(12)19-2)20(16,17)15-9-10-5-6-14-8-10/h3-4,7,10,14-15H,5-6,8-9H2,1-2H3. The van der Waals surface area contributed by atoms with E-state index in [2.05, 4.69) is 10.0 Å². The summed E-state index contributed by atoms with van der Waals surface area (Å²) in [4.78, 5) is 0.182. The Kier molecular flexibility index (Phi) is 4.85. The molecule has 1 aliphatic heterocycles. The Morgan fingerprint density at radius 1 is 1.30 bits per heavy atom. The van der Waals surface area contributed by atoms with Gasteiger partial charge in [-0.2, -0.15) is 0 Å². The molecular formula is C13H20N2O4S. The van der Waals surface area contributed by atoms with E-state index in [1.54, 1.807) is 6.07 Å². The minimum atomic E-state index is -3.52. The lowest BCUT2D eigenvalue weighted by Crippen LogP contribution is -2.30. The summed E-state index contributed by atoms with van der Waals surface area (Å²) < 4.78 is 37.3. The van der Waals surface area contributed by atoms with E-state index in [1.165, 1.54) is 26.4 Å². The largest absolute Gasteiger partial charge is 0.493 e. The van der Waals surface area contributed by atoms with Crippen molar-refractivity contribution in [2.24, 2.45) is 5.92 Å². The van der Waals surface area contributed by atoms with Crippen LogP contribution in [0.3, 0.4) is 0 Å². The number of methoxy groups -OCH3 is 2. The first-order valence-electron chi connectivity index (χ1n) is 6.49. The molecule has 0 radical (unpaired) electrons. The van der Waals surface area contributed by atoms with Gasteiger partial charge in [-0.15, -0.1) is 0 Å². The van der Waals surface area contributed by atoms with Gasteiger partial charge in [-0.3, -0.25) is 0 Å². The molecule has 1 atom stereocenters. The Bertz CT molecular complexity index is 553. The third-order valence-corrected chi connectivity index (χ3v) is 4.81. The second-order valence-corrected chi connectivity index (χ2v) is 6.49. The third kappa shape index (κ3) is 3.41. The van der Waals surface area contributed by atoms with Crippen LogP contribution in [0.15, 0.2) is 23.1 Å². The van der Waals surface area contributed by atoms with Gasteiger partial charge in [0, 0.05) is 12.6 Å². The van der Waals surface area contributed by atoms with Crippen molar-refractivity contribution in [1.29, 1.82) is 0 Å². The van der Waals surface area contributed by atoms with Crippen molar-refractivity contribution in [2.45, 2.75) is 11.3 Å². The van der Waals surface area contributed by atoms with Crippen LogP contribution in [0.4, 0.5) is 0 Å². The van der Waals surface area contributed by atoms with Crippen LogP contribution in [-0.4, -0.2) is 42.3 Å². The van der Waals surface area contributed by atoms with Crippen LogP contribution in [-0.2, 0) is 10.0 Å². The molecule has 2 N–H and O–H groups in total. The number of rotatable bonds is 6. The van der Waals surface area contributed by atoms with E-state index in [1.807, 2.05) is 0 Å². The van der Waals surface area contributed by atoms with Crippen LogP contribution >= 0.6 is 0 Å². The first kappa shape index (κ1) is 15.1. The molecule has 1 heterocycles. The van der Waals surface area contributed by atoms with Gasteiger partial charge in [-0.25, -0.2) is 13.1 Å². The predicted octanol–water partition coefficient (Wildman–Crippen LogP) is 0.592. The lowest BCUT2D eigenvalue weighted by molar-refractivity contribution is 0.354. The molecule has 0 spiro atoms. The number of sulfonamides is 1. The molecule has 0 bridgehead atoms. The summed E-state index contributed by atoms with van der Waals surface area (Å²) in [5.74, 6) is 1.26. The molecule has 6 nitrogen and oxygen atoms in total. The average Bonchev–Trinajstić information content (AvgIpc) is 2.97. The summed E-state index contributed by atoms with van der Waals surface area (Å²) in [6.45, 7) is 2.25. The lowest BCUT2D eigenvalue weighted by atomic mass is 10.1. The van der Waals surface area contributed by atoms with E-state index < -0.39 is 10.0 Å². The SMILES string of the molecule is COc1ccc(S(=O)(=O)NCC2CCNC2)cc1OC. The molecule has 7 heteroatoms. The summed E-state index contributed by atoms with van der Waals surface area (Å²) in [5, 5.41) is 3.21. The Balaban J connectivity index is 2.11. The van der Waals surface area contributed by atoms with E-state index in [-0.39, 0.29) is 4.90 Å². The summed E-state index contributed by atoms with van der Waals surface area (Å²) in [6.07, 6.45) is 0.994. The highest BCUT2D eigenvalue weighted by Gasteiger charge is 2.20. The minimum Gasteiger partial charge on any atom is -0.493 e. The fourth-order valence-corrected chi connectivity index (χ4v) is 3.31. The van der Waals surface area contributed by atoms with Crippen molar-refractivity contribution < 1.29 is 17.9 Å². The second-order valence-electron chi connectivity index (χ2n) is 4.73. The normalized spacial score (nSPS) is 19.0. The van der Waals surface area contributed by atoms with Crippen molar-refractivity contribution in [1.82, 2.24) is 10.0 Å². The molecule has 112 valence electrons. The monoisotopic (exact) mass is 300 g/mol. The highest BCUT2D eigenvalue weighted by molar-refractivity contribution is 7.89. The molecule has 0 aliphatic carbocycles. The van der Waals surface area contributed by atoms with Gasteiger partial charge in [-0.1, -0.05) is 0 Å². The van der Waals surface area contributed by atoms with Crippen molar-refractivity contribution >= 4 is 10.0 Å². The molecule has 1 fully saturated rings. The highest BCUT2D eigenvalue weighted by Crippen LogP contribution is 2.29. The van der Waals surface area contributed by atoms with Gasteiger partial charge < -0.3 is 14.8 Å². The van der Waals surface area contributed by atoms with Gasteiger partial charge in [-0.05, 0) is 37.6 Å². The van der Waals surface area contributed by atoms with Crippen LogP contribution in [0.5, 0.6) is 11.5 Å². The zero-order valence-electron chi connectivity index (χ0n) is 11.7. The molecule has 0 saturated carbocycles. The number of hydrogen-bond donors (Lipinski definition) is 2. The highest BCUT2D eigenvalue weighted by atomic mass is 32.2. The molecule has 1 saturated heterocycles. The maximum absolute atomic E-state index is 12.2. The Morgan fingerprint density at radius 3 is 2.65 bits per heavy atom. The van der Waals surface area contributed by atoms with E-state index in [4.69, 9.17) is 9.47 Å². The van der Waals surface area contributed by atoms with E-state index >= 15 is 0 Å². The summed E-state index contributed by atoms with van der Waals surface area (Å²) in [6, 6.07) is 4.56. The van der Waals surface area contributed by atoms with Crippen molar-refractivity contribution in [2.75, 3.05) is 33.9 Å². The number of ether oxygens (including phenoxy) is 2. The predicted molar refractivity (Wildman–Crippen MR) is 75.7 cm³/mol. The van der Waals surface area contributed by atoms with Gasteiger partial charge in [0.1, 0.15) is 0 Å². The fraction of sp³-hybridized carbons (Fsp3) is 0.538. The summed E-state index contributed by atoms with van der Waals surface area (Å²) in [5.41, 5.74) is 0. The first-order valence-corrected chi connectivity index (χ1v) is 7.97. The molecular weight excluding hydrogens is 280 g/mol. The zero-order valence-corrected chi connectivity index (χ0v) is 12.5. The molecule has 1 aromatic carbocycles. The van der Waals surface area contributed by atoms with Gasteiger partial charge in [0.25, 0.3) is 0 Å². The molecule has 20 heavy (non-hydrogen) atoms. The topological polar surface area (TPSA) is 76.7 Å². The van der Waals surface area contributed by atoms with Crippen molar-refractivity contribution in [3.05, 3.63) is 18.2 Å². The second kappa shape index (κ2) is 6.43. The first-order chi connectivity index (χ1) is 9.56. The van der Waals surface area contributed by atoms with E-state index in [9.17, 15) is 8.42 Å². The fourth-order valence-electron chi connectivity index (χ4n) is 2.18. The number of benzene rings is 1. The van der Waals surface area contributed by atoms with E-state index in [0.717, 1.165) is 19.5 Å². The molecule has 2 rings (SSSR count). The van der Waals surface area contributed by atoms with Gasteiger partial charge in [0.2, 0.25) is 10.0 Å². The van der Waals surface area contributed by atoms with Crippen LogP contribution in [0.25, 0.3) is 0 Å². The molecule has 1 unspecified atom stereocenters. The van der Waals surface area contributed by atoms with Gasteiger partial charge in [0.15, 0.2) is 11.5 Å². The Hall–Kier alpha value is -1.31. The Morgan fingerprint density at radius 2 is 2.05 bits per heavy atom. The minimum absolute atomic E-state index is 0.182. The average molecular weight is 300 g/mol. The van der Waals surface area contributed by atoms with Crippen molar-refractivity contribution in [3.8, 4) is 11.5 Å². The van der Waals surface area contributed by atoms with Gasteiger partial charge in [0.05, 0.1) is 19.1 Å². The maximum Gasteiger partial charge on any atom is 0.240 e. The smallest absolute Gasteiger partial charge is 0.240 e. The zero-order chi connectivity index (χ0) is 14.6.